The van der Waals surface area contributed by atoms with E-state index in [-0.39, 0.29) is 12.2 Å². The number of carboxylic acid groups (broad SMARTS) is 1. The first-order chi connectivity index (χ1) is 8.25. The highest BCUT2D eigenvalue weighted by atomic mass is 19.4. The Morgan fingerprint density at radius 1 is 1.50 bits per heavy atom. The summed E-state index contributed by atoms with van der Waals surface area (Å²) in [5, 5.41) is 8.62. The third-order valence-electron chi connectivity index (χ3n) is 2.34. The van der Waals surface area contributed by atoms with Gasteiger partial charge >= 0.3 is 12.1 Å². The van der Waals surface area contributed by atoms with Gasteiger partial charge in [0.05, 0.1) is 12.7 Å². The molecule has 3 N–H and O–H groups in total. The van der Waals surface area contributed by atoms with Gasteiger partial charge in [-0.1, -0.05) is 6.07 Å². The van der Waals surface area contributed by atoms with Crippen molar-refractivity contribution < 1.29 is 27.8 Å². The Morgan fingerprint density at radius 2 is 2.11 bits per heavy atom. The molecule has 0 aliphatic rings. The minimum absolute atomic E-state index is 0.0656. The zero-order chi connectivity index (χ0) is 13.9. The van der Waals surface area contributed by atoms with Crippen molar-refractivity contribution in [3.05, 3.63) is 29.3 Å². The lowest BCUT2D eigenvalue weighted by molar-refractivity contribution is -0.139. The van der Waals surface area contributed by atoms with Gasteiger partial charge in [0.15, 0.2) is 0 Å². The van der Waals surface area contributed by atoms with Gasteiger partial charge in [-0.25, -0.2) is 0 Å². The molecule has 0 bridgehead atoms. The van der Waals surface area contributed by atoms with Gasteiger partial charge in [0, 0.05) is 0 Å². The van der Waals surface area contributed by atoms with Crippen LogP contribution in [-0.2, 0) is 17.4 Å². The summed E-state index contributed by atoms with van der Waals surface area (Å²) in [4.78, 5) is 10.5. The van der Waals surface area contributed by atoms with E-state index in [4.69, 9.17) is 10.8 Å². The predicted octanol–water partition coefficient (Wildman–Crippen LogP) is 1.67. The number of alkyl halides is 3. The summed E-state index contributed by atoms with van der Waals surface area (Å²) in [6, 6.07) is 2.02. The normalized spacial score (nSPS) is 13.2. The van der Waals surface area contributed by atoms with Crippen LogP contribution < -0.4 is 10.5 Å². The highest BCUT2D eigenvalue weighted by molar-refractivity contribution is 5.73. The Bertz CT molecular complexity index is 446. The lowest BCUT2D eigenvalue weighted by atomic mass is 10.0. The molecule has 1 aromatic rings. The molecular formula is C11H12F3NO3. The van der Waals surface area contributed by atoms with Gasteiger partial charge in [-0.05, 0) is 24.1 Å². The first-order valence-corrected chi connectivity index (χ1v) is 4.98. The summed E-state index contributed by atoms with van der Waals surface area (Å²) in [6.07, 6.45) is -4.58. The number of methoxy groups -OCH3 is 1. The molecule has 0 spiro atoms. The number of hydrogen-bond acceptors (Lipinski definition) is 3. The second-order valence-electron chi connectivity index (χ2n) is 3.68. The van der Waals surface area contributed by atoms with Crippen molar-refractivity contribution in [2.75, 3.05) is 7.11 Å². The van der Waals surface area contributed by atoms with E-state index >= 15 is 0 Å². The van der Waals surface area contributed by atoms with Crippen molar-refractivity contribution in [2.24, 2.45) is 5.73 Å². The number of aliphatic carboxylic acids is 1. The third-order valence-corrected chi connectivity index (χ3v) is 2.34. The topological polar surface area (TPSA) is 72.5 Å². The first-order valence-electron chi connectivity index (χ1n) is 4.98. The maximum absolute atomic E-state index is 12.6. The molecule has 0 amide bonds. The lowest BCUT2D eigenvalue weighted by Crippen LogP contribution is -2.32. The minimum Gasteiger partial charge on any atom is -0.496 e. The molecule has 1 aromatic carbocycles. The fourth-order valence-electron chi connectivity index (χ4n) is 1.44. The van der Waals surface area contributed by atoms with Crippen LogP contribution in [0.5, 0.6) is 5.75 Å². The zero-order valence-corrected chi connectivity index (χ0v) is 9.49. The average Bonchev–Trinajstić information content (AvgIpc) is 2.27. The van der Waals surface area contributed by atoms with E-state index in [0.29, 0.717) is 5.56 Å². The zero-order valence-electron chi connectivity index (χ0n) is 9.49. The Hall–Kier alpha value is -1.76. The molecule has 1 atom stereocenters. The van der Waals surface area contributed by atoms with Crippen molar-refractivity contribution >= 4 is 5.97 Å². The largest absolute Gasteiger partial charge is 0.496 e. The van der Waals surface area contributed by atoms with Gasteiger partial charge < -0.3 is 15.6 Å². The van der Waals surface area contributed by atoms with Crippen LogP contribution in [0.1, 0.15) is 11.1 Å². The van der Waals surface area contributed by atoms with Crippen molar-refractivity contribution in [3.8, 4) is 5.75 Å². The molecule has 1 rings (SSSR count). The molecule has 7 heteroatoms. The molecule has 0 aliphatic carbocycles. The van der Waals surface area contributed by atoms with Gasteiger partial charge in [0.1, 0.15) is 11.8 Å². The maximum atomic E-state index is 12.6. The number of halogens is 3. The summed E-state index contributed by atoms with van der Waals surface area (Å²) in [6.45, 7) is 0. The number of hydrogen-bond donors (Lipinski definition) is 2. The van der Waals surface area contributed by atoms with Crippen molar-refractivity contribution in [3.63, 3.8) is 0 Å². The predicted molar refractivity (Wildman–Crippen MR) is 57.3 cm³/mol. The molecule has 0 radical (unpaired) electrons. The van der Waals surface area contributed by atoms with Gasteiger partial charge in [0.25, 0.3) is 0 Å². The molecule has 0 heterocycles. The van der Waals surface area contributed by atoms with Crippen LogP contribution in [0.3, 0.4) is 0 Å². The Kier molecular flexibility index (Phi) is 4.18. The van der Waals surface area contributed by atoms with Gasteiger partial charge in [0.2, 0.25) is 0 Å². The fraction of sp³-hybridized carbons (Fsp3) is 0.364. The van der Waals surface area contributed by atoms with Crippen LogP contribution in [0, 0.1) is 0 Å². The molecule has 100 valence electrons. The number of rotatable bonds is 4. The van der Waals surface area contributed by atoms with Crippen molar-refractivity contribution in [1.82, 2.24) is 0 Å². The molecule has 0 saturated heterocycles. The van der Waals surface area contributed by atoms with E-state index in [2.05, 4.69) is 4.74 Å². The molecule has 4 nitrogen and oxygen atoms in total. The molecule has 18 heavy (non-hydrogen) atoms. The highest BCUT2D eigenvalue weighted by Gasteiger charge is 2.34. The lowest BCUT2D eigenvalue weighted by Gasteiger charge is -2.14. The third kappa shape index (κ3) is 3.36. The highest BCUT2D eigenvalue weighted by Crippen LogP contribution is 2.36. The van der Waals surface area contributed by atoms with E-state index in [1.54, 1.807) is 0 Å². The number of nitrogens with two attached hydrogens (primary N) is 1. The van der Waals surface area contributed by atoms with E-state index in [1.165, 1.54) is 6.07 Å². The molecule has 0 saturated carbocycles. The summed E-state index contributed by atoms with van der Waals surface area (Å²) in [5.41, 5.74) is 4.77. The molecule has 0 aromatic heterocycles. The molecular weight excluding hydrogens is 251 g/mol. The van der Waals surface area contributed by atoms with Crippen LogP contribution >= 0.6 is 0 Å². The van der Waals surface area contributed by atoms with Crippen molar-refractivity contribution in [2.45, 2.75) is 18.6 Å². The average molecular weight is 263 g/mol. The maximum Gasteiger partial charge on any atom is 0.419 e. The molecule has 0 aliphatic heterocycles. The SMILES string of the molecule is COc1cc(C[C@H](N)C(=O)O)ccc1C(F)(F)F. The van der Waals surface area contributed by atoms with Crippen LogP contribution in [-0.4, -0.2) is 24.2 Å². The summed E-state index contributed by atoms with van der Waals surface area (Å²) < 4.78 is 42.3. The second kappa shape index (κ2) is 5.26. The Morgan fingerprint density at radius 3 is 2.56 bits per heavy atom. The molecule has 0 unspecified atom stereocenters. The van der Waals surface area contributed by atoms with Crippen LogP contribution in [0.2, 0.25) is 0 Å². The number of ether oxygens (including phenoxy) is 1. The first kappa shape index (κ1) is 14.3. The Balaban J connectivity index is 3.03. The number of carbonyl (C=O) groups is 1. The summed E-state index contributed by atoms with van der Waals surface area (Å²) in [5.74, 6) is -1.56. The quantitative estimate of drug-likeness (QED) is 0.866. The summed E-state index contributed by atoms with van der Waals surface area (Å²) >= 11 is 0. The summed E-state index contributed by atoms with van der Waals surface area (Å²) in [7, 11) is 1.12. The van der Waals surface area contributed by atoms with Crippen LogP contribution in [0.25, 0.3) is 0 Å². The monoisotopic (exact) mass is 263 g/mol. The van der Waals surface area contributed by atoms with Gasteiger partial charge in [-0.2, -0.15) is 13.2 Å². The van der Waals surface area contributed by atoms with Crippen LogP contribution in [0.15, 0.2) is 18.2 Å². The fourth-order valence-corrected chi connectivity index (χ4v) is 1.44. The second-order valence-corrected chi connectivity index (χ2v) is 3.68. The van der Waals surface area contributed by atoms with Gasteiger partial charge in [-0.3, -0.25) is 4.79 Å². The Labute approximate surface area is 101 Å². The van der Waals surface area contributed by atoms with Gasteiger partial charge in [-0.15, -0.1) is 0 Å². The smallest absolute Gasteiger partial charge is 0.419 e. The number of carboxylic acids is 1. The standard InChI is InChI=1S/C11H12F3NO3/c1-18-9-5-6(4-8(15)10(16)17)2-3-7(9)11(12,13)14/h2-3,5,8H,4,15H2,1H3,(H,16,17)/t8-/m0/s1. The van der Waals surface area contributed by atoms with Crippen molar-refractivity contribution in [1.29, 1.82) is 0 Å². The molecule has 0 fully saturated rings. The van der Waals surface area contributed by atoms with Crippen LogP contribution in [0.4, 0.5) is 13.2 Å². The minimum atomic E-state index is -4.52. The van der Waals surface area contributed by atoms with E-state index < -0.39 is 23.8 Å². The van der Waals surface area contributed by atoms with E-state index in [9.17, 15) is 18.0 Å². The van der Waals surface area contributed by atoms with E-state index in [0.717, 1.165) is 19.2 Å². The van der Waals surface area contributed by atoms with E-state index in [1.807, 2.05) is 0 Å². The number of benzene rings is 1.